The lowest BCUT2D eigenvalue weighted by Crippen LogP contribution is -2.42. The molecule has 0 bridgehead atoms. The van der Waals surface area contributed by atoms with Gasteiger partial charge in [-0.05, 0) is 45.0 Å². The van der Waals surface area contributed by atoms with Crippen LogP contribution in [0.5, 0.6) is 5.75 Å². The first-order chi connectivity index (χ1) is 17.3. The largest absolute Gasteiger partial charge is 0.491 e. The molecule has 0 spiro atoms. The monoisotopic (exact) mass is 652 g/mol. The van der Waals surface area contributed by atoms with Gasteiger partial charge in [-0.1, -0.05) is 69.6 Å². The Hall–Kier alpha value is -0.880. The summed E-state index contributed by atoms with van der Waals surface area (Å²) in [5.41, 5.74) is -0.933. The summed E-state index contributed by atoms with van der Waals surface area (Å²) in [7, 11) is 4.21. The van der Waals surface area contributed by atoms with Gasteiger partial charge in [-0.3, -0.25) is 4.79 Å². The number of alkyl halides is 6. The minimum Gasteiger partial charge on any atom is -0.491 e. The summed E-state index contributed by atoms with van der Waals surface area (Å²) in [6, 6.07) is 6.45. The first-order valence-corrected chi connectivity index (χ1v) is 13.6. The number of nitrogens with one attached hydrogen (secondary N) is 1. The van der Waals surface area contributed by atoms with E-state index >= 15 is 0 Å². The van der Waals surface area contributed by atoms with Crippen molar-refractivity contribution in [3.05, 3.63) is 41.5 Å². The van der Waals surface area contributed by atoms with E-state index < -0.39 is 13.2 Å². The van der Waals surface area contributed by atoms with E-state index in [1.807, 2.05) is 0 Å². The van der Waals surface area contributed by atoms with Crippen LogP contribution in [-0.2, 0) is 7.59 Å². The van der Waals surface area contributed by atoms with Crippen molar-refractivity contribution < 1.29 is 24.2 Å². The van der Waals surface area contributed by atoms with Crippen LogP contribution in [0.3, 0.4) is 0 Å². The summed E-state index contributed by atoms with van der Waals surface area (Å²) in [5, 5.41) is 21.1. The number of aliphatic hydroxyl groups is 2. The fraction of sp³-hybridized carbons (Fsp3) is 0.565. The van der Waals surface area contributed by atoms with Crippen molar-refractivity contribution in [2.45, 2.75) is 34.0 Å². The average molecular weight is 655 g/mol. The molecule has 0 radical (unpaired) electrons. The van der Waals surface area contributed by atoms with Crippen molar-refractivity contribution in [3.8, 4) is 5.75 Å². The average Bonchev–Trinajstić information content (AvgIpc) is 2.81. The molecule has 0 fully saturated rings. The van der Waals surface area contributed by atoms with Crippen molar-refractivity contribution in [1.82, 2.24) is 15.0 Å². The number of aromatic nitrogens is 3. The summed E-state index contributed by atoms with van der Waals surface area (Å²) in [6.07, 6.45) is 0. The highest BCUT2D eigenvalue weighted by molar-refractivity contribution is 6.67. The number of hydrogen-bond donors (Lipinski definition) is 3. The molecule has 0 saturated heterocycles. The van der Waals surface area contributed by atoms with E-state index in [1.54, 1.807) is 24.3 Å². The lowest BCUT2D eigenvalue weighted by atomic mass is 9.97. The number of halogens is 6. The summed E-state index contributed by atoms with van der Waals surface area (Å²) in [6.45, 7) is 7.60. The SMILES string of the molecule is CC(C)(O)C(=O)c1ccc(OCCO)cc1.CC[N+](C)(C)CCNc1nc(C(Cl)(Cl)Cl)nc(C(Cl)(Cl)Cl)n1. The zero-order valence-corrected chi connectivity index (χ0v) is 26.1. The van der Waals surface area contributed by atoms with Crippen LogP contribution in [0.1, 0.15) is 42.8 Å². The zero-order chi connectivity index (χ0) is 29.4. The van der Waals surface area contributed by atoms with E-state index in [4.69, 9.17) is 79.4 Å². The Morgan fingerprint density at radius 2 is 1.47 bits per heavy atom. The smallest absolute Gasteiger partial charge is 0.250 e. The van der Waals surface area contributed by atoms with Gasteiger partial charge in [0.25, 0.3) is 0 Å². The number of rotatable bonds is 10. The Labute approximate surface area is 252 Å². The highest BCUT2D eigenvalue weighted by atomic mass is 35.6. The molecule has 0 amide bonds. The molecular formula is C23H32Cl6N5O4+. The molecule has 0 aliphatic carbocycles. The van der Waals surface area contributed by atoms with E-state index in [0.29, 0.717) is 17.9 Å². The minimum absolute atomic E-state index is 0.0512. The maximum Gasteiger partial charge on any atom is 0.250 e. The molecule has 9 nitrogen and oxygen atoms in total. The Bertz CT molecular complexity index is 1010. The second-order valence-electron chi connectivity index (χ2n) is 9.19. The molecule has 38 heavy (non-hydrogen) atoms. The lowest BCUT2D eigenvalue weighted by molar-refractivity contribution is -0.886. The van der Waals surface area contributed by atoms with Gasteiger partial charge in [0.2, 0.25) is 13.5 Å². The normalized spacial score (nSPS) is 12.4. The highest BCUT2D eigenvalue weighted by Gasteiger charge is 2.34. The lowest BCUT2D eigenvalue weighted by Gasteiger charge is -2.28. The molecule has 2 rings (SSSR count). The number of nitrogens with zero attached hydrogens (tertiary/aromatic N) is 4. The van der Waals surface area contributed by atoms with Gasteiger partial charge in [-0.25, -0.2) is 4.98 Å². The van der Waals surface area contributed by atoms with Gasteiger partial charge in [0.15, 0.2) is 17.4 Å². The summed E-state index contributed by atoms with van der Waals surface area (Å²) in [4.78, 5) is 23.7. The predicted molar refractivity (Wildman–Crippen MR) is 154 cm³/mol. The third kappa shape index (κ3) is 12.5. The van der Waals surface area contributed by atoms with Crippen LogP contribution >= 0.6 is 69.6 Å². The van der Waals surface area contributed by atoms with Crippen molar-refractivity contribution in [3.63, 3.8) is 0 Å². The number of hydrogen-bond acceptors (Lipinski definition) is 8. The molecule has 15 heteroatoms. The number of quaternary nitrogens is 1. The molecule has 0 aliphatic heterocycles. The Kier molecular flexibility index (Phi) is 13.6. The van der Waals surface area contributed by atoms with Gasteiger partial charge in [-0.15, -0.1) is 0 Å². The van der Waals surface area contributed by atoms with Gasteiger partial charge >= 0.3 is 0 Å². The molecule has 1 aromatic carbocycles. The number of aliphatic hydroxyl groups excluding tert-OH is 1. The number of ketones is 1. The molecule has 1 aromatic heterocycles. The van der Waals surface area contributed by atoms with Gasteiger partial charge in [0.1, 0.15) is 18.0 Å². The Morgan fingerprint density at radius 3 is 1.87 bits per heavy atom. The quantitative estimate of drug-likeness (QED) is 0.185. The summed E-state index contributed by atoms with van der Waals surface area (Å²) >= 11 is 34.8. The maximum atomic E-state index is 11.7. The fourth-order valence-corrected chi connectivity index (χ4v) is 3.06. The van der Waals surface area contributed by atoms with Crippen LogP contribution in [0.2, 0.25) is 0 Å². The number of carbonyl (C=O) groups excluding carboxylic acids is 1. The zero-order valence-electron chi connectivity index (χ0n) is 21.6. The molecule has 0 unspecified atom stereocenters. The topological polar surface area (TPSA) is 117 Å². The van der Waals surface area contributed by atoms with Crippen molar-refractivity contribution in [2.24, 2.45) is 0 Å². The first-order valence-electron chi connectivity index (χ1n) is 11.4. The molecule has 0 aliphatic rings. The molecule has 1 heterocycles. The molecular weight excluding hydrogens is 623 g/mol. The van der Waals surface area contributed by atoms with Crippen molar-refractivity contribution >= 4 is 81.3 Å². The van der Waals surface area contributed by atoms with Gasteiger partial charge in [-0.2, -0.15) is 9.97 Å². The molecule has 0 atom stereocenters. The van der Waals surface area contributed by atoms with Crippen LogP contribution in [0.4, 0.5) is 5.95 Å². The first kappa shape index (κ1) is 35.1. The fourth-order valence-electron chi connectivity index (χ4n) is 2.56. The Balaban J connectivity index is 0.000000399. The van der Waals surface area contributed by atoms with E-state index in [-0.39, 0.29) is 36.6 Å². The minimum atomic E-state index is -1.84. The summed E-state index contributed by atoms with van der Waals surface area (Å²) in [5.74, 6) is 0.220. The highest BCUT2D eigenvalue weighted by Crippen LogP contribution is 2.40. The van der Waals surface area contributed by atoms with Crippen molar-refractivity contribution in [2.75, 3.05) is 52.3 Å². The number of benzene rings is 1. The molecule has 3 N–H and O–H groups in total. The van der Waals surface area contributed by atoms with Crippen LogP contribution in [0, 0.1) is 0 Å². The second kappa shape index (κ2) is 14.7. The van der Waals surface area contributed by atoms with Crippen LogP contribution in [0.15, 0.2) is 24.3 Å². The van der Waals surface area contributed by atoms with E-state index in [1.165, 1.54) is 13.8 Å². The van der Waals surface area contributed by atoms with Crippen LogP contribution in [-0.4, -0.2) is 88.0 Å². The van der Waals surface area contributed by atoms with Crippen molar-refractivity contribution in [1.29, 1.82) is 0 Å². The molecule has 214 valence electrons. The van der Waals surface area contributed by atoms with Gasteiger partial charge in [0, 0.05) is 5.56 Å². The van der Waals surface area contributed by atoms with Gasteiger partial charge in [0.05, 0.1) is 40.3 Å². The number of carbonyl (C=O) groups is 1. The second-order valence-corrected chi connectivity index (χ2v) is 13.8. The number of ether oxygens (including phenoxy) is 1. The van der Waals surface area contributed by atoms with E-state index in [0.717, 1.165) is 17.6 Å². The number of Topliss-reactive ketones (excluding diaryl/α,β-unsaturated/α-hetero) is 1. The number of anilines is 1. The summed E-state index contributed by atoms with van der Waals surface area (Å²) < 4.78 is 2.29. The standard InChI is InChI=1S/C12H16O4.C11H16Cl6N5/c1-12(2,15)11(14)9-3-5-10(6-4-9)16-8-7-13;1-4-22(2,3)6-5-18-9-20-7(10(12,13)14)19-8(21-9)11(15,16)17/h3-6,13,15H,7-8H2,1-2H3;4-6H2,1-3H3,(H,18,19,20,21)/q;+1. The number of likely N-dealkylation sites (N-methyl/N-ethyl adjacent to an activating group) is 1. The molecule has 0 saturated carbocycles. The molecule has 2 aromatic rings. The van der Waals surface area contributed by atoms with E-state index in [9.17, 15) is 9.90 Å². The van der Waals surface area contributed by atoms with Crippen LogP contribution in [0.25, 0.3) is 0 Å². The predicted octanol–water partition coefficient (Wildman–Crippen LogP) is 5.04. The van der Waals surface area contributed by atoms with Gasteiger partial charge < -0.3 is 24.7 Å². The Morgan fingerprint density at radius 1 is 0.974 bits per heavy atom. The third-order valence-electron chi connectivity index (χ3n) is 5.03. The van der Waals surface area contributed by atoms with E-state index in [2.05, 4.69) is 41.3 Å². The maximum absolute atomic E-state index is 11.7. The third-order valence-corrected chi connectivity index (χ3v) is 6.05. The van der Waals surface area contributed by atoms with Crippen LogP contribution < -0.4 is 10.1 Å².